The number of fused-ring (bicyclic) bond motifs is 1. The van der Waals surface area contributed by atoms with Gasteiger partial charge in [0, 0.05) is 11.8 Å². The number of rotatable bonds is 4. The molecule has 0 radical (unpaired) electrons. The van der Waals surface area contributed by atoms with E-state index in [1.807, 2.05) is 18.2 Å². The van der Waals surface area contributed by atoms with E-state index in [1.165, 1.54) is 6.42 Å². The van der Waals surface area contributed by atoms with Crippen LogP contribution in [0.5, 0.6) is 0 Å². The maximum absolute atomic E-state index is 12.0. The Labute approximate surface area is 111 Å². The summed E-state index contributed by atoms with van der Waals surface area (Å²) in [5, 5.41) is 14.2. The molecule has 1 amide bonds. The van der Waals surface area contributed by atoms with Crippen LogP contribution in [0.3, 0.4) is 0 Å². The molecule has 3 N–H and O–H groups in total. The Morgan fingerprint density at radius 2 is 2.42 bits per heavy atom. The average Bonchev–Trinajstić information content (AvgIpc) is 3.08. The van der Waals surface area contributed by atoms with Crippen LogP contribution in [0.25, 0.3) is 10.9 Å². The van der Waals surface area contributed by atoms with Gasteiger partial charge in [-0.2, -0.15) is 5.10 Å². The van der Waals surface area contributed by atoms with Crippen LogP contribution in [0.15, 0.2) is 24.4 Å². The van der Waals surface area contributed by atoms with Crippen molar-refractivity contribution in [1.29, 1.82) is 0 Å². The van der Waals surface area contributed by atoms with Crippen molar-refractivity contribution >= 4 is 22.5 Å². The van der Waals surface area contributed by atoms with Crippen molar-refractivity contribution in [2.75, 3.05) is 18.4 Å². The predicted octanol–water partition coefficient (Wildman–Crippen LogP) is 1.89. The lowest BCUT2D eigenvalue weighted by atomic mass is 10.0. The number of nitrogens with one attached hydrogen (secondary N) is 3. The molecule has 19 heavy (non-hydrogen) atoms. The molecule has 2 aromatic rings. The second kappa shape index (κ2) is 5.40. The second-order valence-electron chi connectivity index (χ2n) is 5.09. The number of nitrogens with zero attached hydrogens (tertiary/aromatic N) is 1. The molecule has 3 rings (SSSR count). The van der Waals surface area contributed by atoms with Crippen LogP contribution in [-0.4, -0.2) is 29.2 Å². The Balaban J connectivity index is 1.60. The minimum absolute atomic E-state index is 0.0778. The molecule has 0 spiro atoms. The van der Waals surface area contributed by atoms with Crippen LogP contribution in [0.4, 0.5) is 5.69 Å². The Kier molecular flexibility index (Phi) is 3.46. The zero-order chi connectivity index (χ0) is 13.1. The number of hydrogen-bond donors (Lipinski definition) is 3. The molecule has 0 aliphatic carbocycles. The van der Waals surface area contributed by atoms with Crippen LogP contribution >= 0.6 is 0 Å². The summed E-state index contributed by atoms with van der Waals surface area (Å²) >= 11 is 0. The molecular formula is C14H18N4O. The summed E-state index contributed by atoms with van der Waals surface area (Å²) in [7, 11) is 0. The molecule has 1 atom stereocenters. The van der Waals surface area contributed by atoms with E-state index in [-0.39, 0.29) is 5.91 Å². The van der Waals surface area contributed by atoms with Gasteiger partial charge < -0.3 is 10.6 Å². The highest BCUT2D eigenvalue weighted by Gasteiger charge is 2.16. The average molecular weight is 258 g/mol. The van der Waals surface area contributed by atoms with Gasteiger partial charge in [-0.05, 0) is 37.9 Å². The fourth-order valence-electron chi connectivity index (χ4n) is 2.58. The minimum atomic E-state index is 0.0778. The van der Waals surface area contributed by atoms with Gasteiger partial charge in [-0.25, -0.2) is 0 Å². The van der Waals surface area contributed by atoms with E-state index in [4.69, 9.17) is 0 Å². The third-order valence-corrected chi connectivity index (χ3v) is 3.69. The Morgan fingerprint density at radius 1 is 1.47 bits per heavy atom. The molecule has 5 nitrogen and oxygen atoms in total. The molecule has 1 unspecified atom stereocenters. The molecule has 1 aliphatic rings. The second-order valence-corrected chi connectivity index (χ2v) is 5.09. The third kappa shape index (κ3) is 2.76. The zero-order valence-corrected chi connectivity index (χ0v) is 10.8. The van der Waals surface area contributed by atoms with E-state index in [0.717, 1.165) is 36.1 Å². The monoisotopic (exact) mass is 258 g/mol. The lowest BCUT2D eigenvalue weighted by Crippen LogP contribution is -2.15. The summed E-state index contributed by atoms with van der Waals surface area (Å²) in [6, 6.07) is 5.79. The van der Waals surface area contributed by atoms with Crippen molar-refractivity contribution < 1.29 is 4.79 Å². The first-order chi connectivity index (χ1) is 9.33. The first-order valence-electron chi connectivity index (χ1n) is 6.75. The molecule has 1 fully saturated rings. The largest absolute Gasteiger partial charge is 0.324 e. The minimum Gasteiger partial charge on any atom is -0.324 e. The molecule has 5 heteroatoms. The third-order valence-electron chi connectivity index (χ3n) is 3.69. The smallest absolute Gasteiger partial charge is 0.224 e. The van der Waals surface area contributed by atoms with E-state index < -0.39 is 0 Å². The highest BCUT2D eigenvalue weighted by molar-refractivity contribution is 6.00. The van der Waals surface area contributed by atoms with Gasteiger partial charge in [0.1, 0.15) is 0 Å². The fourth-order valence-corrected chi connectivity index (χ4v) is 2.58. The first-order valence-corrected chi connectivity index (χ1v) is 6.75. The summed E-state index contributed by atoms with van der Waals surface area (Å²) in [6.45, 7) is 2.13. The number of aromatic amines is 1. The summed E-state index contributed by atoms with van der Waals surface area (Å²) in [4.78, 5) is 12.0. The lowest BCUT2D eigenvalue weighted by molar-refractivity contribution is -0.116. The van der Waals surface area contributed by atoms with Gasteiger partial charge in [0.15, 0.2) is 0 Å². The number of H-pyrrole nitrogens is 1. The number of carbonyl (C=O) groups excluding carboxylic acids is 1. The van der Waals surface area contributed by atoms with E-state index in [0.29, 0.717) is 12.3 Å². The van der Waals surface area contributed by atoms with Crippen LogP contribution in [0, 0.1) is 5.92 Å². The normalized spacial score (nSPS) is 18.8. The molecule has 1 saturated heterocycles. The summed E-state index contributed by atoms with van der Waals surface area (Å²) < 4.78 is 0. The molecule has 1 aromatic heterocycles. The molecular weight excluding hydrogens is 240 g/mol. The van der Waals surface area contributed by atoms with Crippen molar-refractivity contribution in [2.45, 2.75) is 19.3 Å². The maximum Gasteiger partial charge on any atom is 0.224 e. The van der Waals surface area contributed by atoms with Crippen molar-refractivity contribution in [3.8, 4) is 0 Å². The summed E-state index contributed by atoms with van der Waals surface area (Å²) in [6.07, 6.45) is 4.48. The van der Waals surface area contributed by atoms with Crippen LogP contribution in [0.1, 0.15) is 19.3 Å². The van der Waals surface area contributed by atoms with Crippen molar-refractivity contribution in [2.24, 2.45) is 5.92 Å². The zero-order valence-electron chi connectivity index (χ0n) is 10.8. The number of carbonyl (C=O) groups is 1. The van der Waals surface area contributed by atoms with E-state index in [2.05, 4.69) is 20.8 Å². The van der Waals surface area contributed by atoms with Crippen molar-refractivity contribution in [3.05, 3.63) is 24.4 Å². The maximum atomic E-state index is 12.0. The highest BCUT2D eigenvalue weighted by atomic mass is 16.1. The van der Waals surface area contributed by atoms with Crippen molar-refractivity contribution in [1.82, 2.24) is 15.5 Å². The Hall–Kier alpha value is -1.88. The van der Waals surface area contributed by atoms with E-state index in [1.54, 1.807) is 6.20 Å². The topological polar surface area (TPSA) is 69.8 Å². The summed E-state index contributed by atoms with van der Waals surface area (Å²) in [5.74, 6) is 0.725. The van der Waals surface area contributed by atoms with Crippen LogP contribution in [-0.2, 0) is 4.79 Å². The standard InChI is InChI=1S/C14H18N4O/c19-13(5-4-10-6-7-15-8-10)17-12-3-1-2-11-9-16-18-14(11)12/h1-3,9-10,15H,4-8H2,(H,16,18)(H,17,19). The van der Waals surface area contributed by atoms with Gasteiger partial charge in [0.25, 0.3) is 0 Å². The van der Waals surface area contributed by atoms with Gasteiger partial charge in [-0.1, -0.05) is 12.1 Å². The van der Waals surface area contributed by atoms with Crippen LogP contribution < -0.4 is 10.6 Å². The molecule has 1 aliphatic heterocycles. The number of benzene rings is 1. The number of para-hydroxylation sites is 1. The number of amides is 1. The number of aromatic nitrogens is 2. The number of anilines is 1. The van der Waals surface area contributed by atoms with Gasteiger partial charge >= 0.3 is 0 Å². The van der Waals surface area contributed by atoms with Crippen LogP contribution in [0.2, 0.25) is 0 Å². The van der Waals surface area contributed by atoms with E-state index >= 15 is 0 Å². The molecule has 0 bridgehead atoms. The van der Waals surface area contributed by atoms with Gasteiger partial charge in [0.2, 0.25) is 5.91 Å². The van der Waals surface area contributed by atoms with Gasteiger partial charge in [0.05, 0.1) is 17.4 Å². The van der Waals surface area contributed by atoms with Crippen molar-refractivity contribution in [3.63, 3.8) is 0 Å². The molecule has 2 heterocycles. The molecule has 0 saturated carbocycles. The number of hydrogen-bond acceptors (Lipinski definition) is 3. The molecule has 100 valence electrons. The SMILES string of the molecule is O=C(CCC1CCNC1)Nc1cccc2cn[nH]c12. The molecule has 1 aromatic carbocycles. The quantitative estimate of drug-likeness (QED) is 0.784. The summed E-state index contributed by atoms with van der Waals surface area (Å²) in [5.41, 5.74) is 1.70. The highest BCUT2D eigenvalue weighted by Crippen LogP contribution is 2.21. The van der Waals surface area contributed by atoms with Gasteiger partial charge in [-0.15, -0.1) is 0 Å². The predicted molar refractivity (Wildman–Crippen MR) is 74.9 cm³/mol. The lowest BCUT2D eigenvalue weighted by Gasteiger charge is -2.09. The van der Waals surface area contributed by atoms with Gasteiger partial charge in [-0.3, -0.25) is 9.89 Å². The Bertz CT molecular complexity index is 572. The Morgan fingerprint density at radius 3 is 3.26 bits per heavy atom. The first kappa shape index (κ1) is 12.2. The van der Waals surface area contributed by atoms with E-state index in [9.17, 15) is 4.79 Å². The fraction of sp³-hybridized carbons (Fsp3) is 0.429.